The molecule has 0 fully saturated rings. The van der Waals surface area contributed by atoms with Gasteiger partial charge in [-0.05, 0) is 25.1 Å². The largest absolute Gasteiger partial charge is 0.330 e. The fourth-order valence-corrected chi connectivity index (χ4v) is 3.57. The highest BCUT2D eigenvalue weighted by Gasteiger charge is 2.24. The molecule has 9 heteroatoms. The van der Waals surface area contributed by atoms with Gasteiger partial charge in [-0.2, -0.15) is 5.10 Å². The van der Waals surface area contributed by atoms with Gasteiger partial charge in [-0.1, -0.05) is 15.9 Å². The first-order valence-electron chi connectivity index (χ1n) is 7.91. The van der Waals surface area contributed by atoms with E-state index in [2.05, 4.69) is 42.6 Å². The van der Waals surface area contributed by atoms with Crippen molar-refractivity contribution in [1.82, 2.24) is 33.9 Å². The van der Waals surface area contributed by atoms with Crippen molar-refractivity contribution in [2.45, 2.75) is 20.0 Å². The van der Waals surface area contributed by atoms with Crippen LogP contribution >= 0.6 is 28.3 Å². The van der Waals surface area contributed by atoms with E-state index in [0.717, 1.165) is 38.8 Å². The van der Waals surface area contributed by atoms with Crippen molar-refractivity contribution in [3.05, 3.63) is 64.9 Å². The van der Waals surface area contributed by atoms with Crippen molar-refractivity contribution in [2.75, 3.05) is 0 Å². The van der Waals surface area contributed by atoms with E-state index in [0.29, 0.717) is 13.1 Å². The van der Waals surface area contributed by atoms with E-state index < -0.39 is 0 Å². The Bertz CT molecular complexity index is 1080. The quantitative estimate of drug-likeness (QED) is 0.429. The molecule has 3 aromatic heterocycles. The molecule has 132 valence electrons. The molecule has 7 nitrogen and oxygen atoms in total. The molecule has 1 aliphatic rings. The fourth-order valence-electron chi connectivity index (χ4n) is 3.21. The van der Waals surface area contributed by atoms with Crippen molar-refractivity contribution in [3.8, 4) is 17.1 Å². The molecule has 0 saturated carbocycles. The zero-order chi connectivity index (χ0) is 17.0. The van der Waals surface area contributed by atoms with Crippen LogP contribution in [-0.4, -0.2) is 33.9 Å². The Morgan fingerprint density at radius 1 is 1.23 bits per heavy atom. The molecule has 0 amide bonds. The number of benzene rings is 1. The van der Waals surface area contributed by atoms with Crippen LogP contribution in [0.5, 0.6) is 0 Å². The van der Waals surface area contributed by atoms with E-state index in [9.17, 15) is 0 Å². The van der Waals surface area contributed by atoms with Gasteiger partial charge in [0.05, 0.1) is 42.8 Å². The van der Waals surface area contributed by atoms with Gasteiger partial charge in [0.15, 0.2) is 11.6 Å². The molecule has 0 atom stereocenters. The predicted molar refractivity (Wildman–Crippen MR) is 103 cm³/mol. The zero-order valence-corrected chi connectivity index (χ0v) is 16.3. The molecular formula is C17H15BrClN7. The highest BCUT2D eigenvalue weighted by Crippen LogP contribution is 2.33. The summed E-state index contributed by atoms with van der Waals surface area (Å²) in [7, 11) is 0. The summed E-state index contributed by atoms with van der Waals surface area (Å²) in [5.74, 6) is 1.64. The standard InChI is InChI=1S/C17H14BrN7.ClH/c1-11-15-7-25-17(21-16(22-25)8-23-5-4-19-9-23)13-6-12(18)2-3-14(13)24(15)10-20-11;/h2-6,9-10H,7-8H2,1H3;1H. The summed E-state index contributed by atoms with van der Waals surface area (Å²) >= 11 is 3.57. The van der Waals surface area contributed by atoms with Gasteiger partial charge in [-0.15, -0.1) is 12.4 Å². The number of hydrogen-bond donors (Lipinski definition) is 0. The lowest BCUT2D eigenvalue weighted by Crippen LogP contribution is -2.07. The minimum atomic E-state index is 0. The number of aryl methyl sites for hydroxylation is 1. The molecule has 1 aromatic carbocycles. The number of halogens is 2. The van der Waals surface area contributed by atoms with Crippen molar-refractivity contribution >= 4 is 28.3 Å². The lowest BCUT2D eigenvalue weighted by atomic mass is 10.1. The van der Waals surface area contributed by atoms with E-state index in [1.807, 2.05) is 34.8 Å². The second-order valence-electron chi connectivity index (χ2n) is 6.05. The van der Waals surface area contributed by atoms with Crippen molar-refractivity contribution in [2.24, 2.45) is 0 Å². The second-order valence-corrected chi connectivity index (χ2v) is 6.97. The third-order valence-corrected chi connectivity index (χ3v) is 4.93. The minimum Gasteiger partial charge on any atom is -0.330 e. The summed E-state index contributed by atoms with van der Waals surface area (Å²) in [6.07, 6.45) is 7.32. The second kappa shape index (κ2) is 6.37. The minimum absolute atomic E-state index is 0. The van der Waals surface area contributed by atoms with Crippen LogP contribution in [0.2, 0.25) is 0 Å². The fraction of sp³-hybridized carbons (Fsp3) is 0.176. The van der Waals surface area contributed by atoms with Gasteiger partial charge in [0.2, 0.25) is 0 Å². The van der Waals surface area contributed by atoms with Gasteiger partial charge in [0.1, 0.15) is 0 Å². The molecule has 26 heavy (non-hydrogen) atoms. The molecule has 0 saturated heterocycles. The summed E-state index contributed by atoms with van der Waals surface area (Å²) in [6, 6.07) is 6.21. The molecule has 0 bridgehead atoms. The lowest BCUT2D eigenvalue weighted by molar-refractivity contribution is 0.647. The van der Waals surface area contributed by atoms with Gasteiger partial charge in [-0.25, -0.2) is 19.6 Å². The normalized spacial score (nSPS) is 11.9. The highest BCUT2D eigenvalue weighted by atomic mass is 79.9. The van der Waals surface area contributed by atoms with Gasteiger partial charge in [0.25, 0.3) is 0 Å². The Hall–Kier alpha value is -2.45. The van der Waals surface area contributed by atoms with E-state index in [1.54, 1.807) is 12.5 Å². The first kappa shape index (κ1) is 17.0. The Morgan fingerprint density at radius 2 is 2.12 bits per heavy atom. The van der Waals surface area contributed by atoms with E-state index in [1.165, 1.54) is 0 Å². The first-order chi connectivity index (χ1) is 12.2. The third-order valence-electron chi connectivity index (χ3n) is 4.43. The molecular weight excluding hydrogens is 418 g/mol. The maximum atomic E-state index is 4.81. The topological polar surface area (TPSA) is 66.3 Å². The molecule has 0 aliphatic carbocycles. The monoisotopic (exact) mass is 431 g/mol. The van der Waals surface area contributed by atoms with Gasteiger partial charge in [-0.3, -0.25) is 0 Å². The summed E-state index contributed by atoms with van der Waals surface area (Å²) < 4.78 is 7.07. The van der Waals surface area contributed by atoms with Gasteiger partial charge < -0.3 is 9.13 Å². The van der Waals surface area contributed by atoms with E-state index in [-0.39, 0.29) is 12.4 Å². The maximum absolute atomic E-state index is 4.81. The molecule has 0 N–H and O–H groups in total. The molecule has 0 unspecified atom stereocenters. The Balaban J connectivity index is 0.00000168. The van der Waals surface area contributed by atoms with Crippen LogP contribution in [0.4, 0.5) is 0 Å². The number of hydrogen-bond acceptors (Lipinski definition) is 4. The highest BCUT2D eigenvalue weighted by molar-refractivity contribution is 9.10. The summed E-state index contributed by atoms with van der Waals surface area (Å²) in [5, 5.41) is 4.73. The average Bonchev–Trinajstić information content (AvgIpc) is 3.30. The van der Waals surface area contributed by atoms with Crippen molar-refractivity contribution in [3.63, 3.8) is 0 Å². The van der Waals surface area contributed by atoms with Crippen LogP contribution in [0.25, 0.3) is 17.1 Å². The lowest BCUT2D eigenvalue weighted by Gasteiger charge is -2.08. The van der Waals surface area contributed by atoms with E-state index in [4.69, 9.17) is 10.1 Å². The number of nitrogens with zero attached hydrogens (tertiary/aromatic N) is 7. The van der Waals surface area contributed by atoms with Crippen LogP contribution in [0.15, 0.2) is 47.7 Å². The predicted octanol–water partition coefficient (Wildman–Crippen LogP) is 3.23. The smallest absolute Gasteiger partial charge is 0.171 e. The average molecular weight is 433 g/mol. The van der Waals surface area contributed by atoms with E-state index >= 15 is 0 Å². The van der Waals surface area contributed by atoms with Gasteiger partial charge >= 0.3 is 0 Å². The number of rotatable bonds is 2. The first-order valence-corrected chi connectivity index (χ1v) is 8.71. The number of imidazole rings is 2. The summed E-state index contributed by atoms with van der Waals surface area (Å²) in [4.78, 5) is 13.4. The summed E-state index contributed by atoms with van der Waals surface area (Å²) in [5.41, 5.74) is 4.24. The van der Waals surface area contributed by atoms with Crippen LogP contribution in [0.1, 0.15) is 17.2 Å². The third kappa shape index (κ3) is 2.65. The number of aromatic nitrogens is 7. The van der Waals surface area contributed by atoms with Crippen LogP contribution in [0, 0.1) is 6.92 Å². The van der Waals surface area contributed by atoms with Crippen LogP contribution in [0.3, 0.4) is 0 Å². The zero-order valence-electron chi connectivity index (χ0n) is 13.9. The van der Waals surface area contributed by atoms with Crippen LogP contribution in [-0.2, 0) is 13.1 Å². The maximum Gasteiger partial charge on any atom is 0.171 e. The molecule has 1 aliphatic heterocycles. The van der Waals surface area contributed by atoms with Crippen molar-refractivity contribution in [1.29, 1.82) is 0 Å². The molecule has 4 aromatic rings. The number of fused-ring (bicyclic) bond motifs is 5. The van der Waals surface area contributed by atoms with Gasteiger partial charge in [0, 0.05) is 22.4 Å². The summed E-state index contributed by atoms with van der Waals surface area (Å²) in [6.45, 7) is 3.27. The Morgan fingerprint density at radius 3 is 2.92 bits per heavy atom. The van der Waals surface area contributed by atoms with Crippen LogP contribution < -0.4 is 0 Å². The SMILES string of the molecule is Cc1ncn2c1Cn1nc(Cn3ccnc3)nc1-c1cc(Br)ccc1-2.Cl. The Kier molecular flexibility index (Phi) is 4.16. The van der Waals surface area contributed by atoms with Crippen molar-refractivity contribution < 1.29 is 0 Å². The Labute approximate surface area is 164 Å². The molecule has 0 spiro atoms. The molecule has 0 radical (unpaired) electrons. The molecule has 4 heterocycles. The molecule has 5 rings (SSSR count).